The molecule has 0 radical (unpaired) electrons. The Hall–Kier alpha value is -1.01. The Morgan fingerprint density at radius 3 is 2.21 bits per heavy atom. The quantitative estimate of drug-likeness (QED) is 0.540. The molecular weight excluding hydrogens is 252 g/mol. The van der Waals surface area contributed by atoms with Crippen LogP contribution in [0.2, 0.25) is 0 Å². The van der Waals surface area contributed by atoms with Crippen molar-refractivity contribution in [2.75, 3.05) is 0 Å². The number of fused-ring (bicyclic) bond motifs is 1. The monoisotopic (exact) mass is 274 g/mol. The first-order chi connectivity index (χ1) is 9.27. The Morgan fingerprint density at radius 2 is 1.53 bits per heavy atom. The van der Waals surface area contributed by atoms with Crippen LogP contribution in [0.15, 0.2) is 42.5 Å². The van der Waals surface area contributed by atoms with Crippen molar-refractivity contribution in [2.24, 2.45) is 5.92 Å². The van der Waals surface area contributed by atoms with E-state index in [1.165, 1.54) is 42.0 Å². The summed E-state index contributed by atoms with van der Waals surface area (Å²) in [5, 5.41) is 2.73. The largest absolute Gasteiger partial charge is 0.117 e. The number of alkyl halides is 1. The molecular formula is C18H23Cl. The van der Waals surface area contributed by atoms with Crippen molar-refractivity contribution in [3.63, 3.8) is 0 Å². The molecule has 0 saturated carbocycles. The van der Waals surface area contributed by atoms with Gasteiger partial charge in [-0.1, -0.05) is 69.2 Å². The van der Waals surface area contributed by atoms with Gasteiger partial charge in [0, 0.05) is 0 Å². The SMILES string of the molecule is CCCC(CCC)C(Cl)c1cccc2ccccc12. The maximum atomic E-state index is 6.81. The van der Waals surface area contributed by atoms with Crippen LogP contribution in [0, 0.1) is 5.92 Å². The number of halogens is 1. The summed E-state index contributed by atoms with van der Waals surface area (Å²) in [5.41, 5.74) is 1.30. The third-order valence-corrected chi connectivity index (χ3v) is 4.44. The molecule has 0 amide bonds. The summed E-state index contributed by atoms with van der Waals surface area (Å²) in [7, 11) is 0. The van der Waals surface area contributed by atoms with Crippen LogP contribution in [-0.4, -0.2) is 0 Å². The molecule has 1 heteroatoms. The van der Waals surface area contributed by atoms with Gasteiger partial charge in [-0.2, -0.15) is 0 Å². The average Bonchev–Trinajstić information content (AvgIpc) is 2.46. The lowest BCUT2D eigenvalue weighted by Gasteiger charge is -2.23. The van der Waals surface area contributed by atoms with Gasteiger partial charge in [0.1, 0.15) is 0 Å². The second-order valence-electron chi connectivity index (χ2n) is 5.31. The minimum Gasteiger partial charge on any atom is -0.117 e. The zero-order valence-electron chi connectivity index (χ0n) is 11.9. The number of hydrogen-bond acceptors (Lipinski definition) is 0. The van der Waals surface area contributed by atoms with Gasteiger partial charge in [0.15, 0.2) is 0 Å². The summed E-state index contributed by atoms with van der Waals surface area (Å²) in [4.78, 5) is 0. The van der Waals surface area contributed by atoms with E-state index in [0.29, 0.717) is 5.92 Å². The maximum absolute atomic E-state index is 6.81. The molecule has 102 valence electrons. The summed E-state index contributed by atoms with van der Waals surface area (Å²) in [5.74, 6) is 0.586. The fraction of sp³-hybridized carbons (Fsp3) is 0.444. The lowest BCUT2D eigenvalue weighted by Crippen LogP contribution is -2.08. The molecule has 19 heavy (non-hydrogen) atoms. The Morgan fingerprint density at radius 1 is 0.895 bits per heavy atom. The fourth-order valence-corrected chi connectivity index (χ4v) is 3.37. The summed E-state index contributed by atoms with van der Waals surface area (Å²) in [6.45, 7) is 4.49. The third kappa shape index (κ3) is 3.30. The van der Waals surface area contributed by atoms with Crippen LogP contribution in [0.4, 0.5) is 0 Å². The van der Waals surface area contributed by atoms with E-state index in [9.17, 15) is 0 Å². The van der Waals surface area contributed by atoms with E-state index in [-0.39, 0.29) is 5.38 Å². The van der Waals surface area contributed by atoms with Gasteiger partial charge in [0.2, 0.25) is 0 Å². The Bertz CT molecular complexity index is 507. The van der Waals surface area contributed by atoms with Crippen molar-refractivity contribution in [1.82, 2.24) is 0 Å². The smallest absolute Gasteiger partial charge is 0.0619 e. The lowest BCUT2D eigenvalue weighted by molar-refractivity contribution is 0.427. The van der Waals surface area contributed by atoms with Crippen LogP contribution in [0.1, 0.15) is 50.5 Å². The number of rotatable bonds is 6. The lowest BCUT2D eigenvalue weighted by atomic mass is 9.88. The molecule has 0 nitrogen and oxygen atoms in total. The molecule has 2 aromatic carbocycles. The second kappa shape index (κ2) is 6.96. The standard InChI is InChI=1S/C18H23Cl/c1-3-8-15(9-4-2)18(19)17-13-7-11-14-10-5-6-12-16(14)17/h5-7,10-13,15,18H,3-4,8-9H2,1-2H3. The summed E-state index contributed by atoms with van der Waals surface area (Å²) in [6, 6.07) is 15.0. The van der Waals surface area contributed by atoms with Crippen LogP contribution in [0.3, 0.4) is 0 Å². The molecule has 0 aromatic heterocycles. The third-order valence-electron chi connectivity index (χ3n) is 3.85. The first kappa shape index (κ1) is 14.4. The van der Waals surface area contributed by atoms with Crippen LogP contribution >= 0.6 is 11.6 Å². The highest BCUT2D eigenvalue weighted by molar-refractivity contribution is 6.22. The molecule has 1 atom stereocenters. The van der Waals surface area contributed by atoms with Crippen LogP contribution in [0.5, 0.6) is 0 Å². The number of hydrogen-bond donors (Lipinski definition) is 0. The second-order valence-corrected chi connectivity index (χ2v) is 5.78. The van der Waals surface area contributed by atoms with Crippen molar-refractivity contribution in [3.8, 4) is 0 Å². The highest BCUT2D eigenvalue weighted by Gasteiger charge is 2.21. The Labute approximate surface area is 121 Å². The zero-order chi connectivity index (χ0) is 13.7. The molecule has 0 aliphatic heterocycles. The topological polar surface area (TPSA) is 0 Å². The molecule has 0 N–H and O–H groups in total. The van der Waals surface area contributed by atoms with E-state index >= 15 is 0 Å². The first-order valence-corrected chi connectivity index (χ1v) is 7.83. The van der Waals surface area contributed by atoms with Gasteiger partial charge in [0.25, 0.3) is 0 Å². The Kier molecular flexibility index (Phi) is 5.27. The van der Waals surface area contributed by atoms with E-state index in [4.69, 9.17) is 11.6 Å². The molecule has 0 aliphatic carbocycles. The van der Waals surface area contributed by atoms with Crippen LogP contribution in [0.25, 0.3) is 10.8 Å². The minimum atomic E-state index is 0.131. The summed E-state index contributed by atoms with van der Waals surface area (Å²) < 4.78 is 0. The molecule has 2 rings (SSSR count). The summed E-state index contributed by atoms with van der Waals surface area (Å²) >= 11 is 6.81. The predicted molar refractivity (Wildman–Crippen MR) is 85.8 cm³/mol. The molecule has 0 fully saturated rings. The van der Waals surface area contributed by atoms with E-state index in [0.717, 1.165) is 0 Å². The van der Waals surface area contributed by atoms with Gasteiger partial charge >= 0.3 is 0 Å². The molecule has 0 saturated heterocycles. The van der Waals surface area contributed by atoms with Gasteiger partial charge < -0.3 is 0 Å². The van der Waals surface area contributed by atoms with E-state index in [2.05, 4.69) is 56.3 Å². The van der Waals surface area contributed by atoms with Crippen molar-refractivity contribution < 1.29 is 0 Å². The molecule has 0 aliphatic rings. The van der Waals surface area contributed by atoms with E-state index in [1.807, 2.05) is 0 Å². The van der Waals surface area contributed by atoms with Crippen LogP contribution in [-0.2, 0) is 0 Å². The van der Waals surface area contributed by atoms with Crippen molar-refractivity contribution >= 4 is 22.4 Å². The zero-order valence-corrected chi connectivity index (χ0v) is 12.7. The Balaban J connectivity index is 2.36. The fourth-order valence-electron chi connectivity index (χ4n) is 2.92. The molecule has 0 heterocycles. The van der Waals surface area contributed by atoms with Crippen molar-refractivity contribution in [2.45, 2.75) is 44.9 Å². The van der Waals surface area contributed by atoms with Gasteiger partial charge in [0.05, 0.1) is 5.38 Å². The molecule has 2 aromatic rings. The summed E-state index contributed by atoms with van der Waals surface area (Å²) in [6.07, 6.45) is 4.84. The van der Waals surface area contributed by atoms with Gasteiger partial charge in [-0.25, -0.2) is 0 Å². The highest BCUT2D eigenvalue weighted by atomic mass is 35.5. The molecule has 0 spiro atoms. The normalized spacial score (nSPS) is 13.1. The van der Waals surface area contributed by atoms with E-state index in [1.54, 1.807) is 0 Å². The van der Waals surface area contributed by atoms with E-state index < -0.39 is 0 Å². The highest BCUT2D eigenvalue weighted by Crippen LogP contribution is 2.38. The van der Waals surface area contributed by atoms with Gasteiger partial charge in [-0.3, -0.25) is 0 Å². The average molecular weight is 275 g/mol. The van der Waals surface area contributed by atoms with Crippen LogP contribution < -0.4 is 0 Å². The maximum Gasteiger partial charge on any atom is 0.0619 e. The van der Waals surface area contributed by atoms with Gasteiger partial charge in [-0.05, 0) is 35.1 Å². The van der Waals surface area contributed by atoms with Crippen molar-refractivity contribution in [3.05, 3.63) is 48.0 Å². The number of benzene rings is 2. The first-order valence-electron chi connectivity index (χ1n) is 7.39. The van der Waals surface area contributed by atoms with Gasteiger partial charge in [-0.15, -0.1) is 11.6 Å². The molecule has 0 bridgehead atoms. The van der Waals surface area contributed by atoms with Crippen molar-refractivity contribution in [1.29, 1.82) is 0 Å². The minimum absolute atomic E-state index is 0.131. The predicted octanol–water partition coefficient (Wildman–Crippen LogP) is 6.34. The molecule has 1 unspecified atom stereocenters.